The number of hydrogen-bond donors (Lipinski definition) is 1. The zero-order chi connectivity index (χ0) is 17.1. The fourth-order valence-electron chi connectivity index (χ4n) is 2.71. The van der Waals surface area contributed by atoms with Gasteiger partial charge in [-0.05, 0) is 44.4 Å². The van der Waals surface area contributed by atoms with Gasteiger partial charge in [-0.3, -0.25) is 4.79 Å². The van der Waals surface area contributed by atoms with Crippen LogP contribution in [-0.4, -0.2) is 33.9 Å². The fraction of sp³-hybridized carbons (Fsp3) is 0.353. The van der Waals surface area contributed by atoms with E-state index in [9.17, 15) is 4.79 Å². The van der Waals surface area contributed by atoms with Crippen molar-refractivity contribution in [2.75, 3.05) is 18.4 Å². The summed E-state index contributed by atoms with van der Waals surface area (Å²) >= 11 is 12.2. The molecular formula is C17H18Cl2N4O. The van der Waals surface area contributed by atoms with Crippen LogP contribution in [0.4, 0.5) is 11.6 Å². The van der Waals surface area contributed by atoms with Crippen molar-refractivity contribution in [3.8, 4) is 0 Å². The lowest BCUT2D eigenvalue weighted by molar-refractivity contribution is 0.0718. The van der Waals surface area contributed by atoms with Gasteiger partial charge in [-0.25, -0.2) is 9.97 Å². The Balaban J connectivity index is 1.86. The molecule has 1 fully saturated rings. The number of halogens is 2. The third kappa shape index (κ3) is 3.79. The van der Waals surface area contributed by atoms with Crippen molar-refractivity contribution in [1.82, 2.24) is 14.9 Å². The molecule has 1 aliphatic rings. The van der Waals surface area contributed by atoms with E-state index < -0.39 is 0 Å². The monoisotopic (exact) mass is 364 g/mol. The van der Waals surface area contributed by atoms with Crippen LogP contribution in [0.2, 0.25) is 10.0 Å². The Hall–Kier alpha value is -1.85. The van der Waals surface area contributed by atoms with Crippen LogP contribution in [0.15, 0.2) is 24.3 Å². The highest BCUT2D eigenvalue weighted by Crippen LogP contribution is 2.31. The number of hydrogen-bond acceptors (Lipinski definition) is 4. The summed E-state index contributed by atoms with van der Waals surface area (Å²) in [6, 6.07) is 6.98. The molecule has 1 aliphatic heterocycles. The van der Waals surface area contributed by atoms with E-state index in [-0.39, 0.29) is 5.91 Å². The first-order chi connectivity index (χ1) is 11.5. The summed E-state index contributed by atoms with van der Waals surface area (Å²) in [6.45, 7) is 3.40. The Labute approximate surface area is 151 Å². The van der Waals surface area contributed by atoms with E-state index in [0.29, 0.717) is 33.1 Å². The van der Waals surface area contributed by atoms with Gasteiger partial charge in [0.1, 0.15) is 5.69 Å². The van der Waals surface area contributed by atoms with Gasteiger partial charge in [0.15, 0.2) is 0 Å². The van der Waals surface area contributed by atoms with Crippen molar-refractivity contribution < 1.29 is 4.79 Å². The molecule has 0 atom stereocenters. The van der Waals surface area contributed by atoms with E-state index in [4.69, 9.17) is 23.2 Å². The highest BCUT2D eigenvalue weighted by Gasteiger charge is 2.20. The lowest BCUT2D eigenvalue weighted by atomic mass is 10.1. The van der Waals surface area contributed by atoms with E-state index >= 15 is 0 Å². The van der Waals surface area contributed by atoms with Crippen molar-refractivity contribution in [3.05, 3.63) is 45.7 Å². The maximum absolute atomic E-state index is 12.6. The molecule has 1 saturated heterocycles. The Bertz CT molecular complexity index is 760. The summed E-state index contributed by atoms with van der Waals surface area (Å²) in [4.78, 5) is 23.2. The molecule has 0 saturated carbocycles. The molecule has 0 aliphatic carbocycles. The number of piperidine rings is 1. The van der Waals surface area contributed by atoms with Crippen LogP contribution in [-0.2, 0) is 0 Å². The lowest BCUT2D eigenvalue weighted by Gasteiger charge is -2.26. The SMILES string of the molecule is Cc1cc(C(=O)N2CCCCC2)nc(Nc2cccc(Cl)c2Cl)n1. The predicted molar refractivity (Wildman–Crippen MR) is 96.3 cm³/mol. The summed E-state index contributed by atoms with van der Waals surface area (Å²) in [5.41, 5.74) is 1.71. The van der Waals surface area contributed by atoms with Gasteiger partial charge in [0, 0.05) is 18.8 Å². The van der Waals surface area contributed by atoms with Gasteiger partial charge < -0.3 is 10.2 Å². The Morgan fingerprint density at radius 3 is 2.67 bits per heavy atom. The number of nitrogens with one attached hydrogen (secondary N) is 1. The third-order valence-electron chi connectivity index (χ3n) is 3.91. The molecule has 0 bridgehead atoms. The highest BCUT2D eigenvalue weighted by molar-refractivity contribution is 6.43. The topological polar surface area (TPSA) is 58.1 Å². The van der Waals surface area contributed by atoms with E-state index in [1.54, 1.807) is 24.3 Å². The van der Waals surface area contributed by atoms with Crippen LogP contribution in [0, 0.1) is 6.92 Å². The number of nitrogens with zero attached hydrogens (tertiary/aromatic N) is 3. The number of benzene rings is 1. The van der Waals surface area contributed by atoms with Gasteiger partial charge in [0.05, 0.1) is 15.7 Å². The molecule has 2 heterocycles. The summed E-state index contributed by atoms with van der Waals surface area (Å²) < 4.78 is 0. The Morgan fingerprint density at radius 2 is 1.92 bits per heavy atom. The van der Waals surface area contributed by atoms with Crippen LogP contribution < -0.4 is 5.32 Å². The second-order valence-corrected chi connectivity index (χ2v) is 6.58. The maximum atomic E-state index is 12.6. The van der Waals surface area contributed by atoms with Crippen molar-refractivity contribution >= 4 is 40.7 Å². The lowest BCUT2D eigenvalue weighted by Crippen LogP contribution is -2.36. The molecule has 1 aromatic carbocycles. The zero-order valence-electron chi connectivity index (χ0n) is 13.4. The Morgan fingerprint density at radius 1 is 1.17 bits per heavy atom. The zero-order valence-corrected chi connectivity index (χ0v) is 14.9. The molecule has 2 aromatic rings. The molecule has 5 nitrogen and oxygen atoms in total. The van der Waals surface area contributed by atoms with Crippen molar-refractivity contribution in [3.63, 3.8) is 0 Å². The molecule has 126 valence electrons. The number of rotatable bonds is 3. The molecule has 0 spiro atoms. The second-order valence-electron chi connectivity index (χ2n) is 5.80. The average Bonchev–Trinajstić information content (AvgIpc) is 2.58. The van der Waals surface area contributed by atoms with Crippen molar-refractivity contribution in [2.45, 2.75) is 26.2 Å². The standard InChI is InChI=1S/C17H18Cl2N4O/c1-11-10-14(16(24)23-8-3-2-4-9-23)22-17(20-11)21-13-7-5-6-12(18)15(13)19/h5-7,10H,2-4,8-9H2,1H3,(H,20,21,22). The number of aromatic nitrogens is 2. The van der Waals surface area contributed by atoms with Crippen LogP contribution in [0.5, 0.6) is 0 Å². The number of carbonyl (C=O) groups is 1. The molecule has 3 rings (SSSR count). The predicted octanol–water partition coefficient (Wildman–Crippen LogP) is 4.46. The fourth-order valence-corrected chi connectivity index (χ4v) is 3.06. The average molecular weight is 365 g/mol. The van der Waals surface area contributed by atoms with Crippen LogP contribution in [0.25, 0.3) is 0 Å². The van der Waals surface area contributed by atoms with Crippen LogP contribution in [0.3, 0.4) is 0 Å². The van der Waals surface area contributed by atoms with E-state index in [1.807, 2.05) is 11.8 Å². The van der Waals surface area contributed by atoms with Crippen molar-refractivity contribution in [1.29, 1.82) is 0 Å². The smallest absolute Gasteiger partial charge is 0.272 e. The summed E-state index contributed by atoms with van der Waals surface area (Å²) in [5.74, 6) is 0.278. The number of amides is 1. The van der Waals surface area contributed by atoms with E-state index in [0.717, 1.165) is 25.9 Å². The van der Waals surface area contributed by atoms with Gasteiger partial charge >= 0.3 is 0 Å². The summed E-state index contributed by atoms with van der Waals surface area (Å²) in [6.07, 6.45) is 3.25. The summed E-state index contributed by atoms with van der Waals surface area (Å²) in [5, 5.41) is 3.88. The number of carbonyl (C=O) groups excluding carboxylic acids is 1. The first-order valence-electron chi connectivity index (χ1n) is 7.90. The van der Waals surface area contributed by atoms with Gasteiger partial charge in [-0.15, -0.1) is 0 Å². The minimum atomic E-state index is -0.0551. The maximum Gasteiger partial charge on any atom is 0.272 e. The van der Waals surface area contributed by atoms with Crippen molar-refractivity contribution in [2.24, 2.45) is 0 Å². The van der Waals surface area contributed by atoms with Crippen LogP contribution >= 0.6 is 23.2 Å². The van der Waals surface area contributed by atoms with Gasteiger partial charge in [-0.1, -0.05) is 29.3 Å². The minimum absolute atomic E-state index is 0.0551. The second kappa shape index (κ2) is 7.36. The van der Waals surface area contributed by atoms with E-state index in [2.05, 4.69) is 15.3 Å². The van der Waals surface area contributed by atoms with Crippen LogP contribution in [0.1, 0.15) is 35.4 Å². The van der Waals surface area contributed by atoms with Gasteiger partial charge in [0.2, 0.25) is 5.95 Å². The minimum Gasteiger partial charge on any atom is -0.337 e. The first kappa shape index (κ1) is 17.0. The number of aryl methyl sites for hydroxylation is 1. The summed E-state index contributed by atoms with van der Waals surface area (Å²) in [7, 11) is 0. The normalized spacial score (nSPS) is 14.5. The highest BCUT2D eigenvalue weighted by atomic mass is 35.5. The first-order valence-corrected chi connectivity index (χ1v) is 8.66. The largest absolute Gasteiger partial charge is 0.337 e. The molecule has 7 heteroatoms. The van der Waals surface area contributed by atoms with Gasteiger partial charge in [0.25, 0.3) is 5.91 Å². The molecule has 1 aromatic heterocycles. The molecule has 1 N–H and O–H groups in total. The third-order valence-corrected chi connectivity index (χ3v) is 4.73. The van der Waals surface area contributed by atoms with Gasteiger partial charge in [-0.2, -0.15) is 0 Å². The molecular weight excluding hydrogens is 347 g/mol. The van der Waals surface area contributed by atoms with E-state index in [1.165, 1.54) is 6.42 Å². The quantitative estimate of drug-likeness (QED) is 0.873. The molecule has 0 unspecified atom stereocenters. The molecule has 1 amide bonds. The number of likely N-dealkylation sites (tertiary alicyclic amines) is 1. The number of anilines is 2. The molecule has 24 heavy (non-hydrogen) atoms. The Kier molecular flexibility index (Phi) is 5.21. The molecule has 0 radical (unpaired) electrons.